The van der Waals surface area contributed by atoms with Gasteiger partial charge < -0.3 is 34.7 Å². The Labute approximate surface area is 166 Å². The molecule has 0 aliphatic carbocycles. The smallest absolute Gasteiger partial charge is 0.255 e. The minimum atomic E-state index is -1.04. The van der Waals surface area contributed by atoms with Crippen LogP contribution in [0.1, 0.15) is 10.4 Å². The molecule has 0 fully saturated rings. The Morgan fingerprint density at radius 1 is 1.21 bits per heavy atom. The lowest BCUT2D eigenvalue weighted by Crippen LogP contribution is -2.33. The minimum absolute atomic E-state index is 0.0813. The maximum absolute atomic E-state index is 12.4. The fourth-order valence-electron chi connectivity index (χ4n) is 2.80. The first-order valence-corrected chi connectivity index (χ1v) is 8.74. The van der Waals surface area contributed by atoms with Gasteiger partial charge in [0.2, 0.25) is 5.75 Å². The van der Waals surface area contributed by atoms with E-state index in [2.05, 4.69) is 20.3 Å². The molecule has 1 amide bonds. The Bertz CT molecular complexity index is 994. The minimum Gasteiger partial charge on any atom is -0.493 e. The monoisotopic (exact) mass is 402 g/mol. The van der Waals surface area contributed by atoms with Crippen LogP contribution in [-0.4, -0.2) is 71.7 Å². The van der Waals surface area contributed by atoms with Crippen molar-refractivity contribution in [2.24, 2.45) is 0 Å². The molecule has 1 atom stereocenters. The van der Waals surface area contributed by atoms with Crippen LogP contribution in [0.15, 0.2) is 24.5 Å². The molecule has 3 rings (SSSR count). The third-order valence-corrected chi connectivity index (χ3v) is 4.29. The largest absolute Gasteiger partial charge is 0.493 e. The Kier molecular flexibility index (Phi) is 6.15. The number of methoxy groups -OCH3 is 3. The van der Waals surface area contributed by atoms with E-state index in [1.54, 1.807) is 18.3 Å². The lowest BCUT2D eigenvalue weighted by atomic mass is 10.1. The van der Waals surface area contributed by atoms with Crippen molar-refractivity contribution in [3.63, 3.8) is 0 Å². The highest BCUT2D eigenvalue weighted by Gasteiger charge is 2.18. The average molecular weight is 402 g/mol. The number of nitrogens with zero attached hydrogens (tertiary/aromatic N) is 2. The molecule has 1 aromatic carbocycles. The molecule has 0 saturated carbocycles. The number of nitrogens with one attached hydrogen (secondary N) is 2. The van der Waals surface area contributed by atoms with Gasteiger partial charge >= 0.3 is 0 Å². The number of H-pyrrole nitrogens is 1. The topological polar surface area (TPSA) is 139 Å². The van der Waals surface area contributed by atoms with E-state index in [-0.39, 0.29) is 12.1 Å². The van der Waals surface area contributed by atoms with Crippen molar-refractivity contribution in [3.8, 4) is 28.5 Å². The lowest BCUT2D eigenvalue weighted by molar-refractivity contribution is 0.0803. The van der Waals surface area contributed by atoms with E-state index in [4.69, 9.17) is 19.3 Å². The Balaban J connectivity index is 2.01. The van der Waals surface area contributed by atoms with Crippen LogP contribution in [0.25, 0.3) is 22.4 Å². The SMILES string of the molecule is COc1cc(-c2cnc3[nH]cc(C(=O)NCC(O)CO)c3n2)cc(OC)c1OC. The number of ether oxygens (including phenoxy) is 3. The van der Waals surface area contributed by atoms with Gasteiger partial charge in [-0.25, -0.2) is 9.97 Å². The summed E-state index contributed by atoms with van der Waals surface area (Å²) in [6.07, 6.45) is 2.02. The number of amides is 1. The zero-order valence-electron chi connectivity index (χ0n) is 16.2. The van der Waals surface area contributed by atoms with E-state index in [9.17, 15) is 9.90 Å². The van der Waals surface area contributed by atoms with Crippen molar-refractivity contribution in [2.45, 2.75) is 6.10 Å². The highest BCUT2D eigenvalue weighted by atomic mass is 16.5. The molecule has 4 N–H and O–H groups in total. The van der Waals surface area contributed by atoms with Crippen molar-refractivity contribution in [3.05, 3.63) is 30.1 Å². The number of hydrogen-bond acceptors (Lipinski definition) is 8. The molecule has 10 heteroatoms. The molecule has 2 heterocycles. The molecule has 0 saturated heterocycles. The zero-order valence-corrected chi connectivity index (χ0v) is 16.2. The van der Waals surface area contributed by atoms with E-state index < -0.39 is 18.6 Å². The lowest BCUT2D eigenvalue weighted by Gasteiger charge is -2.14. The van der Waals surface area contributed by atoms with Crippen LogP contribution in [0.3, 0.4) is 0 Å². The van der Waals surface area contributed by atoms with Crippen LogP contribution in [0.4, 0.5) is 0 Å². The first-order chi connectivity index (χ1) is 14.0. The van der Waals surface area contributed by atoms with Crippen molar-refractivity contribution in [1.29, 1.82) is 0 Å². The molecule has 1 unspecified atom stereocenters. The average Bonchev–Trinajstić information content (AvgIpc) is 3.19. The fraction of sp³-hybridized carbons (Fsp3) is 0.316. The Hall–Kier alpha value is -3.37. The van der Waals surface area contributed by atoms with E-state index in [1.165, 1.54) is 27.5 Å². The predicted octanol–water partition coefficient (Wildman–Crippen LogP) is 0.734. The van der Waals surface area contributed by atoms with Gasteiger partial charge in [-0.2, -0.15) is 0 Å². The number of aliphatic hydroxyl groups is 2. The van der Waals surface area contributed by atoms with Crippen molar-refractivity contribution < 1.29 is 29.2 Å². The first kappa shape index (κ1) is 20.4. The summed E-state index contributed by atoms with van der Waals surface area (Å²) in [4.78, 5) is 24.2. The second kappa shape index (κ2) is 8.76. The number of aromatic nitrogens is 3. The van der Waals surface area contributed by atoms with Crippen LogP contribution >= 0.6 is 0 Å². The molecule has 154 valence electrons. The van der Waals surface area contributed by atoms with Crippen LogP contribution in [-0.2, 0) is 0 Å². The van der Waals surface area contributed by atoms with Gasteiger partial charge in [-0.05, 0) is 12.1 Å². The van der Waals surface area contributed by atoms with Gasteiger partial charge in [-0.3, -0.25) is 4.79 Å². The number of hydrogen-bond donors (Lipinski definition) is 4. The maximum atomic E-state index is 12.4. The predicted molar refractivity (Wildman–Crippen MR) is 104 cm³/mol. The molecule has 29 heavy (non-hydrogen) atoms. The second-order valence-corrected chi connectivity index (χ2v) is 6.12. The van der Waals surface area contributed by atoms with E-state index in [0.29, 0.717) is 39.7 Å². The summed E-state index contributed by atoms with van der Waals surface area (Å²) < 4.78 is 16.1. The summed E-state index contributed by atoms with van der Waals surface area (Å²) in [5.41, 5.74) is 2.24. The summed E-state index contributed by atoms with van der Waals surface area (Å²) in [6, 6.07) is 3.47. The molecule has 0 aliphatic rings. The Morgan fingerprint density at radius 2 is 1.90 bits per heavy atom. The van der Waals surface area contributed by atoms with Crippen molar-refractivity contribution >= 4 is 17.1 Å². The van der Waals surface area contributed by atoms with Crippen LogP contribution in [0, 0.1) is 0 Å². The van der Waals surface area contributed by atoms with Crippen molar-refractivity contribution in [1.82, 2.24) is 20.3 Å². The quantitative estimate of drug-likeness (QED) is 0.433. The molecule has 3 aromatic rings. The van der Waals surface area contributed by atoms with Gasteiger partial charge in [0.1, 0.15) is 5.52 Å². The summed E-state index contributed by atoms with van der Waals surface area (Å²) in [5.74, 6) is 0.944. The molecule has 10 nitrogen and oxygen atoms in total. The van der Waals surface area contributed by atoms with Gasteiger partial charge in [-0.15, -0.1) is 0 Å². The highest BCUT2D eigenvalue weighted by Crippen LogP contribution is 2.40. The summed E-state index contributed by atoms with van der Waals surface area (Å²) in [5, 5.41) is 20.8. The van der Waals surface area contributed by atoms with E-state index >= 15 is 0 Å². The number of fused-ring (bicyclic) bond motifs is 1. The summed E-state index contributed by atoms with van der Waals surface area (Å²) in [6.45, 7) is -0.527. The van der Waals surface area contributed by atoms with Gasteiger partial charge in [-0.1, -0.05) is 0 Å². The van der Waals surface area contributed by atoms with Gasteiger partial charge in [0.05, 0.1) is 51.5 Å². The molecular formula is C19H22N4O6. The van der Waals surface area contributed by atoms with Crippen LogP contribution in [0.2, 0.25) is 0 Å². The highest BCUT2D eigenvalue weighted by molar-refractivity contribution is 6.04. The Morgan fingerprint density at radius 3 is 2.48 bits per heavy atom. The van der Waals surface area contributed by atoms with Crippen LogP contribution in [0.5, 0.6) is 17.2 Å². The van der Waals surface area contributed by atoms with E-state index in [0.717, 1.165) is 0 Å². The van der Waals surface area contributed by atoms with Crippen molar-refractivity contribution in [2.75, 3.05) is 34.5 Å². The molecule has 2 aromatic heterocycles. The number of carbonyl (C=O) groups excluding carboxylic acids is 1. The summed E-state index contributed by atoms with van der Waals surface area (Å²) >= 11 is 0. The van der Waals surface area contributed by atoms with Crippen LogP contribution < -0.4 is 19.5 Å². The van der Waals surface area contributed by atoms with Gasteiger partial charge in [0.15, 0.2) is 17.1 Å². The number of carbonyl (C=O) groups is 1. The molecule has 0 aliphatic heterocycles. The number of aromatic amines is 1. The van der Waals surface area contributed by atoms with Gasteiger partial charge in [0.25, 0.3) is 5.91 Å². The first-order valence-electron chi connectivity index (χ1n) is 8.74. The number of benzene rings is 1. The number of rotatable bonds is 8. The van der Waals surface area contributed by atoms with E-state index in [1.807, 2.05) is 0 Å². The fourth-order valence-corrected chi connectivity index (χ4v) is 2.80. The third-order valence-electron chi connectivity index (χ3n) is 4.29. The molecule has 0 bridgehead atoms. The zero-order chi connectivity index (χ0) is 21.0. The molecule has 0 radical (unpaired) electrons. The maximum Gasteiger partial charge on any atom is 0.255 e. The molecule has 0 spiro atoms. The van der Waals surface area contributed by atoms with Gasteiger partial charge in [0, 0.05) is 18.3 Å². The normalized spacial score (nSPS) is 11.9. The number of aliphatic hydroxyl groups excluding tert-OH is 2. The molecular weight excluding hydrogens is 380 g/mol. The third kappa shape index (κ3) is 4.08. The summed E-state index contributed by atoms with van der Waals surface area (Å²) in [7, 11) is 4.56. The standard InChI is InChI=1S/C19H22N4O6/c1-27-14-4-10(5-15(28-2)17(14)29-3)13-8-21-18-16(23-13)12(7-20-18)19(26)22-6-11(25)9-24/h4-5,7-8,11,24-25H,6,9H2,1-3H3,(H,20,21)(H,22,26). The second-order valence-electron chi connectivity index (χ2n) is 6.12.